The Labute approximate surface area is 119 Å². The third kappa shape index (κ3) is 3.23. The molecule has 104 valence electrons. The average molecular weight is 269 g/mol. The summed E-state index contributed by atoms with van der Waals surface area (Å²) in [4.78, 5) is 15.8. The molecule has 2 rings (SSSR count). The Bertz CT molecular complexity index is 605. The summed E-state index contributed by atoms with van der Waals surface area (Å²) < 4.78 is 4.73. The van der Waals surface area contributed by atoms with Crippen LogP contribution < -0.4 is 0 Å². The molecule has 0 unspecified atom stereocenters. The van der Waals surface area contributed by atoms with E-state index in [1.165, 1.54) is 12.7 Å². The molecule has 0 fully saturated rings. The van der Waals surface area contributed by atoms with Crippen molar-refractivity contribution in [3.05, 3.63) is 53.9 Å². The predicted molar refractivity (Wildman–Crippen MR) is 79.5 cm³/mol. The first kappa shape index (κ1) is 14.3. The van der Waals surface area contributed by atoms with E-state index in [-0.39, 0.29) is 12.4 Å². The minimum Gasteiger partial charge on any atom is -0.469 e. The second-order valence-electron chi connectivity index (χ2n) is 5.03. The topological polar surface area (TPSA) is 39.2 Å². The largest absolute Gasteiger partial charge is 0.469 e. The van der Waals surface area contributed by atoms with Crippen molar-refractivity contribution in [3.63, 3.8) is 0 Å². The van der Waals surface area contributed by atoms with Gasteiger partial charge in [-0.2, -0.15) is 0 Å². The molecular weight excluding hydrogens is 250 g/mol. The first-order chi connectivity index (χ1) is 9.61. The number of pyridine rings is 1. The molecule has 0 amide bonds. The molecule has 0 aliphatic heterocycles. The molecule has 3 heteroatoms. The Balaban J connectivity index is 2.42. The van der Waals surface area contributed by atoms with E-state index in [4.69, 9.17) is 4.74 Å². The highest BCUT2D eigenvalue weighted by Crippen LogP contribution is 2.26. The van der Waals surface area contributed by atoms with Gasteiger partial charge in [-0.3, -0.25) is 9.78 Å². The van der Waals surface area contributed by atoms with Gasteiger partial charge in [-0.15, -0.1) is 0 Å². The molecule has 0 saturated heterocycles. The van der Waals surface area contributed by atoms with Gasteiger partial charge >= 0.3 is 5.97 Å². The van der Waals surface area contributed by atoms with Crippen LogP contribution in [-0.4, -0.2) is 18.1 Å². The van der Waals surface area contributed by atoms with Crippen molar-refractivity contribution in [2.75, 3.05) is 7.11 Å². The highest BCUT2D eigenvalue weighted by atomic mass is 16.5. The summed E-state index contributed by atoms with van der Waals surface area (Å²) in [7, 11) is 1.39. The van der Waals surface area contributed by atoms with Gasteiger partial charge in [0.25, 0.3) is 0 Å². The molecule has 0 radical (unpaired) electrons. The molecule has 0 bridgehead atoms. The molecule has 0 spiro atoms. The van der Waals surface area contributed by atoms with Crippen molar-refractivity contribution in [2.45, 2.75) is 26.2 Å². The van der Waals surface area contributed by atoms with Gasteiger partial charge in [0.1, 0.15) is 0 Å². The van der Waals surface area contributed by atoms with Gasteiger partial charge < -0.3 is 4.74 Å². The van der Waals surface area contributed by atoms with Gasteiger partial charge in [0.05, 0.1) is 19.2 Å². The number of hydrogen-bond donors (Lipinski definition) is 0. The smallest absolute Gasteiger partial charge is 0.311 e. The standard InChI is InChI=1S/C17H19NO2/c1-12(2)13-6-4-7-14(10-13)15-8-5-9-18-16(15)11-17(19)20-3/h4-10,12H,11H2,1-3H3. The number of carbonyl (C=O) groups excluding carboxylic acids is 1. The first-order valence-electron chi connectivity index (χ1n) is 6.73. The Morgan fingerprint density at radius 3 is 2.75 bits per heavy atom. The van der Waals surface area contributed by atoms with E-state index in [2.05, 4.69) is 31.0 Å². The third-order valence-corrected chi connectivity index (χ3v) is 3.29. The van der Waals surface area contributed by atoms with Gasteiger partial charge in [0.15, 0.2) is 0 Å². The van der Waals surface area contributed by atoms with E-state index >= 15 is 0 Å². The van der Waals surface area contributed by atoms with E-state index < -0.39 is 0 Å². The second-order valence-corrected chi connectivity index (χ2v) is 5.03. The number of esters is 1. The molecular formula is C17H19NO2. The molecule has 0 saturated carbocycles. The van der Waals surface area contributed by atoms with E-state index in [0.717, 1.165) is 16.8 Å². The zero-order chi connectivity index (χ0) is 14.5. The van der Waals surface area contributed by atoms with E-state index in [9.17, 15) is 4.79 Å². The minimum absolute atomic E-state index is 0.193. The lowest BCUT2D eigenvalue weighted by Crippen LogP contribution is -2.07. The van der Waals surface area contributed by atoms with Crippen molar-refractivity contribution in [3.8, 4) is 11.1 Å². The van der Waals surface area contributed by atoms with Crippen LogP contribution in [0.5, 0.6) is 0 Å². The molecule has 1 heterocycles. The quantitative estimate of drug-likeness (QED) is 0.796. The SMILES string of the molecule is COC(=O)Cc1ncccc1-c1cccc(C(C)C)c1. The number of benzene rings is 1. The number of ether oxygens (including phenoxy) is 1. The van der Waals surface area contributed by atoms with Crippen LogP contribution in [0.15, 0.2) is 42.6 Å². The van der Waals surface area contributed by atoms with Gasteiger partial charge in [0, 0.05) is 11.8 Å². The normalized spacial score (nSPS) is 10.6. The molecule has 20 heavy (non-hydrogen) atoms. The lowest BCUT2D eigenvalue weighted by Gasteiger charge is -2.11. The van der Waals surface area contributed by atoms with E-state index in [0.29, 0.717) is 5.92 Å². The van der Waals surface area contributed by atoms with Gasteiger partial charge in [-0.25, -0.2) is 0 Å². The van der Waals surface area contributed by atoms with Crippen LogP contribution in [0.2, 0.25) is 0 Å². The number of carbonyl (C=O) groups is 1. The van der Waals surface area contributed by atoms with Gasteiger partial charge in [-0.05, 0) is 23.1 Å². The summed E-state index contributed by atoms with van der Waals surface area (Å²) in [5.41, 5.74) is 4.10. The molecule has 0 aliphatic carbocycles. The van der Waals surface area contributed by atoms with Crippen LogP contribution >= 0.6 is 0 Å². The number of aromatic nitrogens is 1. The van der Waals surface area contributed by atoms with Crippen LogP contribution in [0.4, 0.5) is 0 Å². The maximum Gasteiger partial charge on any atom is 0.311 e. The monoisotopic (exact) mass is 269 g/mol. The molecule has 1 aromatic carbocycles. The number of nitrogens with zero attached hydrogens (tertiary/aromatic N) is 1. The summed E-state index contributed by atoms with van der Waals surface area (Å²) in [6, 6.07) is 12.2. The Kier molecular flexibility index (Phi) is 4.51. The van der Waals surface area contributed by atoms with Crippen molar-refractivity contribution < 1.29 is 9.53 Å². The lowest BCUT2D eigenvalue weighted by molar-refractivity contribution is -0.139. The molecule has 0 N–H and O–H groups in total. The maximum atomic E-state index is 11.5. The van der Waals surface area contributed by atoms with Crippen molar-refractivity contribution in [1.82, 2.24) is 4.98 Å². The van der Waals surface area contributed by atoms with Crippen molar-refractivity contribution in [1.29, 1.82) is 0 Å². The first-order valence-corrected chi connectivity index (χ1v) is 6.73. The Hall–Kier alpha value is -2.16. The number of hydrogen-bond acceptors (Lipinski definition) is 3. The molecule has 0 atom stereocenters. The second kappa shape index (κ2) is 6.33. The zero-order valence-electron chi connectivity index (χ0n) is 12.1. The molecule has 3 nitrogen and oxygen atoms in total. The van der Waals surface area contributed by atoms with E-state index in [1.54, 1.807) is 6.20 Å². The number of rotatable bonds is 4. The molecule has 0 aliphatic rings. The van der Waals surface area contributed by atoms with Crippen LogP contribution in [0, 0.1) is 0 Å². The van der Waals surface area contributed by atoms with E-state index in [1.807, 2.05) is 24.3 Å². The fourth-order valence-electron chi connectivity index (χ4n) is 2.12. The predicted octanol–water partition coefficient (Wildman–Crippen LogP) is 3.59. The summed E-state index contributed by atoms with van der Waals surface area (Å²) >= 11 is 0. The summed E-state index contributed by atoms with van der Waals surface area (Å²) in [6.07, 6.45) is 1.90. The summed E-state index contributed by atoms with van der Waals surface area (Å²) in [5.74, 6) is 0.195. The van der Waals surface area contributed by atoms with Crippen molar-refractivity contribution in [2.24, 2.45) is 0 Å². The zero-order valence-corrected chi connectivity index (χ0v) is 12.1. The van der Waals surface area contributed by atoms with Crippen LogP contribution in [0.25, 0.3) is 11.1 Å². The Morgan fingerprint density at radius 2 is 2.05 bits per heavy atom. The lowest BCUT2D eigenvalue weighted by atomic mass is 9.96. The van der Waals surface area contributed by atoms with Gasteiger partial charge in [0.2, 0.25) is 0 Å². The molecule has 2 aromatic rings. The van der Waals surface area contributed by atoms with Crippen LogP contribution in [0.1, 0.15) is 31.0 Å². The number of methoxy groups -OCH3 is 1. The summed E-state index contributed by atoms with van der Waals surface area (Å²) in [5, 5.41) is 0. The fraction of sp³-hybridized carbons (Fsp3) is 0.294. The minimum atomic E-state index is -0.273. The Morgan fingerprint density at radius 1 is 1.25 bits per heavy atom. The van der Waals surface area contributed by atoms with Crippen LogP contribution in [0.3, 0.4) is 0 Å². The van der Waals surface area contributed by atoms with Crippen molar-refractivity contribution >= 4 is 5.97 Å². The molecule has 1 aromatic heterocycles. The van der Waals surface area contributed by atoms with Gasteiger partial charge in [-0.1, -0.05) is 44.2 Å². The maximum absolute atomic E-state index is 11.5. The highest BCUT2D eigenvalue weighted by molar-refractivity contribution is 5.76. The summed E-state index contributed by atoms with van der Waals surface area (Å²) in [6.45, 7) is 4.33. The van der Waals surface area contributed by atoms with Crippen LogP contribution in [-0.2, 0) is 16.0 Å². The fourth-order valence-corrected chi connectivity index (χ4v) is 2.12. The third-order valence-electron chi connectivity index (χ3n) is 3.29. The average Bonchev–Trinajstić information content (AvgIpc) is 2.47. The highest BCUT2D eigenvalue weighted by Gasteiger charge is 2.11.